The number of aliphatic hydroxyl groups is 1. The Morgan fingerprint density at radius 1 is 1.14 bits per heavy atom. The van der Waals surface area contributed by atoms with Crippen LogP contribution in [0.25, 0.3) is 0 Å². The van der Waals surface area contributed by atoms with Gasteiger partial charge in [0.15, 0.2) is 0 Å². The zero-order valence-electron chi connectivity index (χ0n) is 12.1. The van der Waals surface area contributed by atoms with Crippen molar-refractivity contribution in [3.63, 3.8) is 0 Å². The molecule has 1 atom stereocenters. The third-order valence-corrected chi connectivity index (χ3v) is 3.49. The second-order valence-electron chi connectivity index (χ2n) is 4.65. The average Bonchev–Trinajstić information content (AvgIpc) is 2.52. The van der Waals surface area contributed by atoms with Crippen LogP contribution in [0, 0.1) is 0 Å². The van der Waals surface area contributed by atoms with Crippen LogP contribution in [0.15, 0.2) is 42.5 Å². The van der Waals surface area contributed by atoms with E-state index in [1.807, 2.05) is 24.3 Å². The van der Waals surface area contributed by atoms with Crippen LogP contribution >= 0.6 is 23.2 Å². The van der Waals surface area contributed by atoms with Crippen molar-refractivity contribution in [3.8, 4) is 11.5 Å². The number of rotatable bonds is 7. The highest BCUT2D eigenvalue weighted by atomic mass is 35.5. The van der Waals surface area contributed by atoms with E-state index in [1.54, 1.807) is 25.3 Å². The summed E-state index contributed by atoms with van der Waals surface area (Å²) in [7, 11) is 1.62. The van der Waals surface area contributed by atoms with E-state index in [0.717, 1.165) is 11.4 Å². The van der Waals surface area contributed by atoms with Crippen LogP contribution in [-0.4, -0.2) is 31.5 Å². The summed E-state index contributed by atoms with van der Waals surface area (Å²) in [4.78, 5) is 0. The molecule has 0 saturated carbocycles. The number of nitrogens with one attached hydrogen (secondary N) is 1. The molecular formula is C16H17Cl2NO3. The van der Waals surface area contributed by atoms with Crippen LogP contribution in [0.3, 0.4) is 0 Å². The summed E-state index contributed by atoms with van der Waals surface area (Å²) in [5, 5.41) is 14.0. The summed E-state index contributed by atoms with van der Waals surface area (Å²) in [6.45, 7) is 0.488. The second kappa shape index (κ2) is 8.13. The number of anilines is 1. The molecule has 0 aliphatic heterocycles. The van der Waals surface area contributed by atoms with Crippen molar-refractivity contribution in [2.45, 2.75) is 6.10 Å². The molecule has 2 aromatic carbocycles. The van der Waals surface area contributed by atoms with Gasteiger partial charge in [0.1, 0.15) is 24.2 Å². The lowest BCUT2D eigenvalue weighted by Crippen LogP contribution is -2.26. The normalized spacial score (nSPS) is 11.8. The Labute approximate surface area is 139 Å². The number of methoxy groups -OCH3 is 1. The number of hydrogen-bond donors (Lipinski definition) is 2. The average molecular weight is 342 g/mol. The smallest absolute Gasteiger partial charge is 0.138 e. The Balaban J connectivity index is 1.78. The van der Waals surface area contributed by atoms with Crippen molar-refractivity contribution in [1.29, 1.82) is 0 Å². The third-order valence-electron chi connectivity index (χ3n) is 2.96. The molecule has 0 radical (unpaired) electrons. The summed E-state index contributed by atoms with van der Waals surface area (Å²) in [5.41, 5.74) is 0.893. The first-order chi connectivity index (χ1) is 10.6. The van der Waals surface area contributed by atoms with Gasteiger partial charge in [0.05, 0.1) is 12.1 Å². The Hall–Kier alpha value is -1.62. The third kappa shape index (κ3) is 4.98. The van der Waals surface area contributed by atoms with Crippen molar-refractivity contribution in [2.75, 3.05) is 25.6 Å². The predicted octanol–water partition coefficient (Wildman–Crippen LogP) is 3.85. The van der Waals surface area contributed by atoms with E-state index in [1.165, 1.54) is 0 Å². The maximum atomic E-state index is 9.94. The Kier molecular flexibility index (Phi) is 6.19. The fourth-order valence-corrected chi connectivity index (χ4v) is 2.24. The molecule has 0 amide bonds. The maximum absolute atomic E-state index is 9.94. The van der Waals surface area contributed by atoms with E-state index in [-0.39, 0.29) is 6.61 Å². The largest absolute Gasteiger partial charge is 0.497 e. The fourth-order valence-electron chi connectivity index (χ4n) is 1.78. The van der Waals surface area contributed by atoms with Crippen LogP contribution in [0.1, 0.15) is 0 Å². The van der Waals surface area contributed by atoms with Crippen molar-refractivity contribution >= 4 is 28.9 Å². The van der Waals surface area contributed by atoms with Crippen molar-refractivity contribution in [2.24, 2.45) is 0 Å². The Bertz CT molecular complexity index is 605. The summed E-state index contributed by atoms with van der Waals surface area (Å²) in [6, 6.07) is 12.4. The van der Waals surface area contributed by atoms with E-state index >= 15 is 0 Å². The van der Waals surface area contributed by atoms with Crippen LogP contribution in [0.5, 0.6) is 11.5 Å². The van der Waals surface area contributed by atoms with Crippen molar-refractivity contribution < 1.29 is 14.6 Å². The number of halogens is 2. The van der Waals surface area contributed by atoms with E-state index < -0.39 is 6.10 Å². The molecule has 0 saturated heterocycles. The number of benzene rings is 2. The van der Waals surface area contributed by atoms with Gasteiger partial charge in [-0.25, -0.2) is 0 Å². The SMILES string of the molecule is COc1ccc(NC[C@H](O)COc2ccc(Cl)cc2Cl)cc1. The first-order valence-corrected chi connectivity index (χ1v) is 7.48. The van der Waals surface area contributed by atoms with Crippen molar-refractivity contribution in [1.82, 2.24) is 0 Å². The lowest BCUT2D eigenvalue weighted by molar-refractivity contribution is 0.117. The highest BCUT2D eigenvalue weighted by Crippen LogP contribution is 2.27. The number of hydrogen-bond acceptors (Lipinski definition) is 4. The van der Waals surface area contributed by atoms with Crippen LogP contribution in [-0.2, 0) is 0 Å². The zero-order valence-corrected chi connectivity index (χ0v) is 13.6. The molecule has 0 aromatic heterocycles. The topological polar surface area (TPSA) is 50.7 Å². The number of ether oxygens (including phenoxy) is 2. The highest BCUT2D eigenvalue weighted by Gasteiger charge is 2.08. The minimum Gasteiger partial charge on any atom is -0.497 e. The lowest BCUT2D eigenvalue weighted by atomic mass is 10.3. The molecule has 4 nitrogen and oxygen atoms in total. The first-order valence-electron chi connectivity index (χ1n) is 6.72. The van der Waals surface area contributed by atoms with Crippen molar-refractivity contribution in [3.05, 3.63) is 52.5 Å². The number of aliphatic hydroxyl groups excluding tert-OH is 1. The van der Waals surface area contributed by atoms with E-state index in [4.69, 9.17) is 32.7 Å². The molecule has 0 heterocycles. The van der Waals surface area contributed by atoms with E-state index in [9.17, 15) is 5.11 Å². The van der Waals surface area contributed by atoms with Gasteiger partial charge in [-0.3, -0.25) is 0 Å². The zero-order chi connectivity index (χ0) is 15.9. The second-order valence-corrected chi connectivity index (χ2v) is 5.49. The van der Waals surface area contributed by atoms with Gasteiger partial charge in [-0.05, 0) is 42.5 Å². The minimum absolute atomic E-state index is 0.129. The quantitative estimate of drug-likeness (QED) is 0.802. The van der Waals surface area contributed by atoms with Gasteiger partial charge in [-0.15, -0.1) is 0 Å². The molecule has 0 aliphatic rings. The molecule has 2 aromatic rings. The molecule has 2 N–H and O–H groups in total. The molecule has 0 spiro atoms. The standard InChI is InChI=1S/C16H17Cl2NO3/c1-21-14-5-3-12(4-6-14)19-9-13(20)10-22-16-7-2-11(17)8-15(16)18/h2-8,13,19-20H,9-10H2,1H3/t13-/m0/s1. The van der Waals surface area contributed by atoms with E-state index in [2.05, 4.69) is 5.32 Å². The maximum Gasteiger partial charge on any atom is 0.138 e. The molecule has 0 bridgehead atoms. The van der Waals surface area contributed by atoms with Gasteiger partial charge in [0.25, 0.3) is 0 Å². The molecule has 0 unspecified atom stereocenters. The predicted molar refractivity (Wildman–Crippen MR) is 89.4 cm³/mol. The molecule has 118 valence electrons. The molecule has 6 heteroatoms. The molecule has 2 rings (SSSR count). The Morgan fingerprint density at radius 2 is 1.86 bits per heavy atom. The molecule has 0 aliphatic carbocycles. The van der Waals surface area contributed by atoms with Gasteiger partial charge in [-0.2, -0.15) is 0 Å². The Morgan fingerprint density at radius 3 is 2.50 bits per heavy atom. The highest BCUT2D eigenvalue weighted by molar-refractivity contribution is 6.35. The minimum atomic E-state index is -0.672. The first kappa shape index (κ1) is 16.7. The summed E-state index contributed by atoms with van der Waals surface area (Å²) >= 11 is 11.8. The lowest BCUT2D eigenvalue weighted by Gasteiger charge is -2.15. The van der Waals surface area contributed by atoms with Gasteiger partial charge >= 0.3 is 0 Å². The van der Waals surface area contributed by atoms with Gasteiger partial charge in [-0.1, -0.05) is 23.2 Å². The monoisotopic (exact) mass is 341 g/mol. The van der Waals surface area contributed by atoms with E-state index in [0.29, 0.717) is 22.3 Å². The van der Waals surface area contributed by atoms with Gasteiger partial charge in [0, 0.05) is 17.3 Å². The van der Waals surface area contributed by atoms with Gasteiger partial charge in [0.2, 0.25) is 0 Å². The summed E-state index contributed by atoms with van der Waals surface area (Å²) in [5.74, 6) is 1.28. The van der Waals surface area contributed by atoms with Crippen LogP contribution < -0.4 is 14.8 Å². The summed E-state index contributed by atoms with van der Waals surface area (Å²) < 4.78 is 10.6. The fraction of sp³-hybridized carbons (Fsp3) is 0.250. The van der Waals surface area contributed by atoms with Crippen LogP contribution in [0.2, 0.25) is 10.0 Å². The molecule has 22 heavy (non-hydrogen) atoms. The molecule has 0 fully saturated rings. The summed E-state index contributed by atoms with van der Waals surface area (Å²) in [6.07, 6.45) is -0.672. The van der Waals surface area contributed by atoms with Gasteiger partial charge < -0.3 is 19.9 Å². The van der Waals surface area contributed by atoms with Crippen LogP contribution in [0.4, 0.5) is 5.69 Å². The molecular weight excluding hydrogens is 325 g/mol.